The first-order chi connectivity index (χ1) is 23.1. The van der Waals surface area contributed by atoms with E-state index in [1.807, 2.05) is 6.92 Å². The third-order valence-corrected chi connectivity index (χ3v) is 11.9. The molecule has 5 heterocycles. The number of benzene rings is 2. The van der Waals surface area contributed by atoms with Crippen LogP contribution in [0.2, 0.25) is 0 Å². The highest BCUT2D eigenvalue weighted by atomic mass is 32.2. The molecule has 3 aromatic rings. The van der Waals surface area contributed by atoms with Gasteiger partial charge in [0, 0.05) is 54.8 Å². The molecule has 0 aliphatic carbocycles. The van der Waals surface area contributed by atoms with Gasteiger partial charge in [0.1, 0.15) is 11.5 Å². The standard InChI is InChI=1S/C35H40N6O6S/c1-5-47-30-12-10-26(45-3)18-28(30)35(40-22-34(23-40)20-39(21-34)25-13-15-38(2)16-14-25)27-17-24(19-36)9-11-29(27)41(33(35)42)48(43,44)32-8-6-7-31(37-32)46-4/h6-12,17-18,25H,5,13-16,20-23H2,1-4H3/t35-/m0/s1. The summed E-state index contributed by atoms with van der Waals surface area (Å²) in [6, 6.07) is 17.1. The molecular formula is C35H40N6O6S. The molecule has 7 rings (SSSR count). The van der Waals surface area contributed by atoms with Crippen LogP contribution < -0.4 is 18.5 Å². The van der Waals surface area contributed by atoms with E-state index >= 15 is 4.79 Å². The molecule has 12 nitrogen and oxygen atoms in total. The van der Waals surface area contributed by atoms with Gasteiger partial charge in [-0.3, -0.25) is 14.6 Å². The minimum absolute atomic E-state index is 0.0328. The monoisotopic (exact) mass is 672 g/mol. The largest absolute Gasteiger partial charge is 0.497 e. The molecule has 4 aliphatic rings. The van der Waals surface area contributed by atoms with Crippen molar-refractivity contribution in [3.8, 4) is 23.4 Å². The number of ether oxygens (including phenoxy) is 3. The van der Waals surface area contributed by atoms with Crippen LogP contribution in [0.4, 0.5) is 5.69 Å². The predicted octanol–water partition coefficient (Wildman–Crippen LogP) is 3.06. The molecule has 3 saturated heterocycles. The number of pyridine rings is 1. The Morgan fingerprint density at radius 1 is 0.979 bits per heavy atom. The van der Waals surface area contributed by atoms with Crippen molar-refractivity contribution in [2.24, 2.45) is 5.41 Å². The van der Waals surface area contributed by atoms with Crippen LogP contribution >= 0.6 is 0 Å². The summed E-state index contributed by atoms with van der Waals surface area (Å²) >= 11 is 0. The molecule has 2 aromatic carbocycles. The number of nitrogens with zero attached hydrogens (tertiary/aromatic N) is 6. The molecule has 0 radical (unpaired) electrons. The number of fused-ring (bicyclic) bond motifs is 1. The lowest BCUT2D eigenvalue weighted by Crippen LogP contribution is -2.77. The second-order valence-corrected chi connectivity index (χ2v) is 15.0. The van der Waals surface area contributed by atoms with Crippen molar-refractivity contribution in [2.45, 2.75) is 36.4 Å². The first-order valence-electron chi connectivity index (χ1n) is 16.2. The summed E-state index contributed by atoms with van der Waals surface area (Å²) in [6.07, 6.45) is 2.27. The van der Waals surface area contributed by atoms with E-state index in [1.165, 1.54) is 31.4 Å². The number of anilines is 1. The Balaban J connectivity index is 1.37. The van der Waals surface area contributed by atoms with Crippen molar-refractivity contribution >= 4 is 21.6 Å². The smallest absolute Gasteiger partial charge is 0.288 e. The maximum absolute atomic E-state index is 15.4. The van der Waals surface area contributed by atoms with Crippen LogP contribution in [0.3, 0.4) is 0 Å². The fourth-order valence-corrected chi connectivity index (χ4v) is 9.41. The van der Waals surface area contributed by atoms with Gasteiger partial charge in [-0.2, -0.15) is 23.0 Å². The van der Waals surface area contributed by atoms with E-state index in [9.17, 15) is 13.7 Å². The quantitative estimate of drug-likeness (QED) is 0.333. The Hall–Kier alpha value is -4.22. The molecule has 1 spiro atoms. The number of hydrogen-bond donors (Lipinski definition) is 0. The number of rotatable bonds is 9. The molecule has 1 amide bonds. The summed E-state index contributed by atoms with van der Waals surface area (Å²) in [5, 5.41) is 9.68. The summed E-state index contributed by atoms with van der Waals surface area (Å²) in [4.78, 5) is 26.5. The average molecular weight is 673 g/mol. The molecule has 0 N–H and O–H groups in total. The Kier molecular flexibility index (Phi) is 8.10. The van der Waals surface area contributed by atoms with E-state index in [4.69, 9.17) is 14.2 Å². The van der Waals surface area contributed by atoms with E-state index < -0.39 is 21.5 Å². The van der Waals surface area contributed by atoms with Crippen molar-refractivity contribution in [3.63, 3.8) is 0 Å². The fourth-order valence-electron chi connectivity index (χ4n) is 8.00. The highest BCUT2D eigenvalue weighted by Crippen LogP contribution is 2.57. The van der Waals surface area contributed by atoms with Gasteiger partial charge in [0.15, 0.2) is 10.6 Å². The van der Waals surface area contributed by atoms with Crippen LogP contribution in [-0.2, 0) is 20.4 Å². The zero-order valence-corrected chi connectivity index (χ0v) is 28.5. The highest BCUT2D eigenvalue weighted by molar-refractivity contribution is 7.93. The molecule has 1 aromatic heterocycles. The number of piperidine rings is 1. The van der Waals surface area contributed by atoms with E-state index in [0.717, 1.165) is 43.3 Å². The molecule has 1 atom stereocenters. The summed E-state index contributed by atoms with van der Waals surface area (Å²) in [5.41, 5.74) is -0.341. The van der Waals surface area contributed by atoms with Crippen molar-refractivity contribution in [2.75, 3.05) is 71.4 Å². The van der Waals surface area contributed by atoms with Gasteiger partial charge in [0.2, 0.25) is 5.88 Å². The first kappa shape index (κ1) is 32.3. The van der Waals surface area contributed by atoms with Gasteiger partial charge in [-0.05, 0) is 82.4 Å². The molecule has 252 valence electrons. The zero-order chi connectivity index (χ0) is 33.8. The zero-order valence-electron chi connectivity index (χ0n) is 27.7. The number of carbonyl (C=O) groups excluding carboxylic acids is 1. The lowest BCUT2D eigenvalue weighted by molar-refractivity contribution is -0.169. The van der Waals surface area contributed by atoms with Crippen LogP contribution in [0.15, 0.2) is 59.6 Å². The van der Waals surface area contributed by atoms with Gasteiger partial charge in [-0.15, -0.1) is 0 Å². The predicted molar refractivity (Wildman–Crippen MR) is 178 cm³/mol. The minimum Gasteiger partial charge on any atom is -0.497 e. The van der Waals surface area contributed by atoms with E-state index in [0.29, 0.717) is 53.9 Å². The summed E-state index contributed by atoms with van der Waals surface area (Å²) < 4.78 is 46.8. The lowest BCUT2D eigenvalue weighted by Gasteiger charge is -2.65. The number of methoxy groups -OCH3 is 2. The second kappa shape index (κ2) is 12.0. The topological polar surface area (TPSA) is 129 Å². The number of likely N-dealkylation sites (tertiary alicyclic amines) is 3. The third kappa shape index (κ3) is 4.92. The van der Waals surface area contributed by atoms with Crippen molar-refractivity contribution in [3.05, 3.63) is 71.3 Å². The molecule has 13 heteroatoms. The summed E-state index contributed by atoms with van der Waals surface area (Å²) in [6.45, 7) is 7.29. The van der Waals surface area contributed by atoms with Crippen molar-refractivity contribution in [1.82, 2.24) is 19.7 Å². The van der Waals surface area contributed by atoms with Crippen molar-refractivity contribution in [1.29, 1.82) is 5.26 Å². The molecule has 48 heavy (non-hydrogen) atoms. The van der Waals surface area contributed by atoms with Gasteiger partial charge in [0.05, 0.1) is 38.1 Å². The SMILES string of the molecule is CCOc1ccc(OC)cc1[C@]1(N2CC3(CN(C4CCN(C)CC4)C3)C2)C(=O)N(S(=O)(=O)c2cccc(OC)n2)c2ccc(C#N)cc21. The van der Waals surface area contributed by atoms with E-state index in [2.05, 4.69) is 32.8 Å². The Morgan fingerprint density at radius 3 is 2.40 bits per heavy atom. The number of amides is 1. The van der Waals surface area contributed by atoms with Crippen LogP contribution in [-0.4, -0.2) is 107 Å². The third-order valence-electron chi connectivity index (χ3n) is 10.3. The second-order valence-electron chi connectivity index (χ2n) is 13.2. The summed E-state index contributed by atoms with van der Waals surface area (Å²) in [7, 11) is 0.561. The van der Waals surface area contributed by atoms with Gasteiger partial charge in [-0.25, -0.2) is 0 Å². The Morgan fingerprint density at radius 2 is 1.73 bits per heavy atom. The number of hydrogen-bond acceptors (Lipinski definition) is 11. The molecule has 0 saturated carbocycles. The number of aromatic nitrogens is 1. The van der Waals surface area contributed by atoms with Gasteiger partial charge in [-0.1, -0.05) is 6.07 Å². The maximum Gasteiger partial charge on any atom is 0.288 e. The van der Waals surface area contributed by atoms with Crippen molar-refractivity contribution < 1.29 is 27.4 Å². The van der Waals surface area contributed by atoms with Gasteiger partial charge in [0.25, 0.3) is 15.9 Å². The number of nitriles is 1. The van der Waals surface area contributed by atoms with Crippen LogP contribution in [0.1, 0.15) is 36.5 Å². The lowest BCUT2D eigenvalue weighted by atomic mass is 9.67. The number of sulfonamides is 1. The summed E-state index contributed by atoms with van der Waals surface area (Å²) in [5.74, 6) is 0.333. The Bertz CT molecular complexity index is 1890. The van der Waals surface area contributed by atoms with Crippen LogP contribution in [0.25, 0.3) is 0 Å². The van der Waals surface area contributed by atoms with Gasteiger partial charge >= 0.3 is 0 Å². The maximum atomic E-state index is 15.4. The molecular weight excluding hydrogens is 632 g/mol. The first-order valence-corrected chi connectivity index (χ1v) is 17.7. The molecule has 4 aliphatic heterocycles. The highest BCUT2D eigenvalue weighted by Gasteiger charge is 2.67. The van der Waals surface area contributed by atoms with Crippen LogP contribution in [0, 0.1) is 16.7 Å². The molecule has 0 unspecified atom stereocenters. The van der Waals surface area contributed by atoms with E-state index in [-0.39, 0.29) is 22.0 Å². The average Bonchev–Trinajstić information content (AvgIpc) is 3.32. The normalized spacial score (nSPS) is 22.9. The van der Waals surface area contributed by atoms with Gasteiger partial charge < -0.3 is 19.1 Å². The Labute approximate surface area is 281 Å². The molecule has 3 fully saturated rings. The molecule has 0 bridgehead atoms. The minimum atomic E-state index is -4.54. The van der Waals surface area contributed by atoms with Crippen LogP contribution in [0.5, 0.6) is 17.4 Å². The fraction of sp³-hybridized carbons (Fsp3) is 0.457. The number of carbonyl (C=O) groups is 1. The van der Waals surface area contributed by atoms with E-state index in [1.54, 1.807) is 37.4 Å².